The molecule has 17 heavy (non-hydrogen) atoms. The molecule has 0 unspecified atom stereocenters. The molecule has 0 fully saturated rings. The van der Waals surface area contributed by atoms with Gasteiger partial charge in [-0.1, -0.05) is 27.6 Å². The average Bonchev–Trinajstić information content (AvgIpc) is 2.27. The number of hydrogen-bond donors (Lipinski definition) is 1. The molecule has 0 bridgehead atoms. The highest BCUT2D eigenvalue weighted by Gasteiger charge is 2.14. The summed E-state index contributed by atoms with van der Waals surface area (Å²) in [4.78, 5) is 0.966. The predicted molar refractivity (Wildman–Crippen MR) is 72.8 cm³/mol. The van der Waals surface area contributed by atoms with Crippen molar-refractivity contribution in [1.29, 1.82) is 0 Å². The summed E-state index contributed by atoms with van der Waals surface area (Å²) in [5.41, 5.74) is 0.738. The number of sulfone groups is 1. The van der Waals surface area contributed by atoms with E-state index < -0.39 is 9.84 Å². The van der Waals surface area contributed by atoms with Crippen LogP contribution >= 0.6 is 34.6 Å². The lowest BCUT2D eigenvalue weighted by Gasteiger charge is -2.06. The van der Waals surface area contributed by atoms with Gasteiger partial charge in [-0.15, -0.1) is 4.33 Å². The van der Waals surface area contributed by atoms with Crippen LogP contribution in [0.5, 0.6) is 0 Å². The molecule has 1 N–H and O–H groups in total. The van der Waals surface area contributed by atoms with Crippen molar-refractivity contribution in [1.82, 2.24) is 0 Å². The second-order valence-corrected chi connectivity index (χ2v) is 7.09. The largest absolute Gasteiger partial charge is 0.224 e. The SMILES string of the molecule is Cc1cc(S(=O)(=O)CCI)ccc1SOOO. The molecule has 5 nitrogen and oxygen atoms in total. The Bertz CT molecular complexity index is 474. The van der Waals surface area contributed by atoms with Crippen molar-refractivity contribution in [3.63, 3.8) is 0 Å². The van der Waals surface area contributed by atoms with Crippen LogP contribution in [0.4, 0.5) is 0 Å². The van der Waals surface area contributed by atoms with E-state index in [0.29, 0.717) is 14.2 Å². The molecule has 0 aliphatic carbocycles. The van der Waals surface area contributed by atoms with Gasteiger partial charge in [0.25, 0.3) is 0 Å². The number of aryl methyl sites for hydroxylation is 1. The van der Waals surface area contributed by atoms with E-state index >= 15 is 0 Å². The van der Waals surface area contributed by atoms with Gasteiger partial charge in [0, 0.05) is 9.32 Å². The molecule has 0 spiro atoms. The van der Waals surface area contributed by atoms with Crippen molar-refractivity contribution >= 4 is 44.5 Å². The molecule has 0 aliphatic heterocycles. The molecule has 96 valence electrons. The Morgan fingerprint density at radius 2 is 2.18 bits per heavy atom. The average molecular weight is 390 g/mol. The number of benzene rings is 1. The molecule has 0 atom stereocenters. The Labute approximate surface area is 118 Å². The van der Waals surface area contributed by atoms with Gasteiger partial charge in [-0.05, 0) is 30.7 Å². The zero-order valence-electron chi connectivity index (χ0n) is 8.92. The zero-order valence-corrected chi connectivity index (χ0v) is 12.7. The monoisotopic (exact) mass is 390 g/mol. The molecule has 0 saturated carbocycles. The van der Waals surface area contributed by atoms with Crippen molar-refractivity contribution in [2.75, 3.05) is 10.2 Å². The van der Waals surface area contributed by atoms with Gasteiger partial charge in [0.1, 0.15) is 0 Å². The highest BCUT2D eigenvalue weighted by Crippen LogP contribution is 2.26. The van der Waals surface area contributed by atoms with Gasteiger partial charge in [-0.2, -0.15) is 0 Å². The molecule has 0 heterocycles. The van der Waals surface area contributed by atoms with Crippen LogP contribution < -0.4 is 0 Å². The minimum atomic E-state index is -3.21. The lowest BCUT2D eigenvalue weighted by atomic mass is 10.2. The normalized spacial score (nSPS) is 11.7. The first kappa shape index (κ1) is 15.2. The van der Waals surface area contributed by atoms with Crippen molar-refractivity contribution in [3.8, 4) is 0 Å². The molecular formula is C9H11IO5S2. The van der Waals surface area contributed by atoms with Gasteiger partial charge >= 0.3 is 0 Å². The van der Waals surface area contributed by atoms with E-state index in [-0.39, 0.29) is 5.75 Å². The summed E-state index contributed by atoms with van der Waals surface area (Å²) >= 11 is 2.84. The third-order valence-corrected chi connectivity index (χ3v) is 5.76. The Morgan fingerprint density at radius 3 is 2.71 bits per heavy atom. The first-order chi connectivity index (χ1) is 8.01. The first-order valence-electron chi connectivity index (χ1n) is 4.55. The van der Waals surface area contributed by atoms with Crippen LogP contribution in [0.1, 0.15) is 5.56 Å². The standard InChI is InChI=1S/C9H11IO5S2/c1-7-6-8(17(12,13)5-4-10)2-3-9(7)16-15-14-11/h2-3,6,11H,4-5H2,1H3. The summed E-state index contributed by atoms with van der Waals surface area (Å²) < 4.78 is 28.5. The lowest BCUT2D eigenvalue weighted by Crippen LogP contribution is -2.07. The Morgan fingerprint density at radius 1 is 1.47 bits per heavy atom. The van der Waals surface area contributed by atoms with Gasteiger partial charge in [0.2, 0.25) is 0 Å². The zero-order chi connectivity index (χ0) is 12.9. The van der Waals surface area contributed by atoms with Gasteiger partial charge in [0.15, 0.2) is 9.84 Å². The van der Waals surface area contributed by atoms with E-state index in [1.54, 1.807) is 19.1 Å². The van der Waals surface area contributed by atoms with Crippen molar-refractivity contribution < 1.29 is 23.0 Å². The van der Waals surface area contributed by atoms with Crippen molar-refractivity contribution in [2.24, 2.45) is 0 Å². The van der Waals surface area contributed by atoms with E-state index in [2.05, 4.69) is 9.37 Å². The summed E-state index contributed by atoms with van der Waals surface area (Å²) in [5, 5.41) is 11.5. The summed E-state index contributed by atoms with van der Waals surface area (Å²) in [6, 6.07) is 4.70. The summed E-state index contributed by atoms with van der Waals surface area (Å²) in [6.07, 6.45) is 0. The summed E-state index contributed by atoms with van der Waals surface area (Å²) in [7, 11) is -3.21. The maximum Gasteiger partial charge on any atom is 0.179 e. The quantitative estimate of drug-likeness (QED) is 0.265. The Balaban J connectivity index is 2.96. The van der Waals surface area contributed by atoms with Crippen LogP contribution in [0.15, 0.2) is 28.0 Å². The Kier molecular flexibility index (Phi) is 6.17. The first-order valence-corrected chi connectivity index (χ1v) is 8.47. The van der Waals surface area contributed by atoms with Gasteiger partial charge in [0.05, 0.1) is 22.7 Å². The highest BCUT2D eigenvalue weighted by atomic mass is 127. The molecule has 0 amide bonds. The minimum absolute atomic E-state index is 0.121. The van der Waals surface area contributed by atoms with Crippen molar-refractivity contribution in [2.45, 2.75) is 16.7 Å². The molecule has 0 aliphatic rings. The topological polar surface area (TPSA) is 72.8 Å². The fourth-order valence-corrected chi connectivity index (χ4v) is 4.41. The molecule has 1 aromatic rings. The fourth-order valence-electron chi connectivity index (χ4n) is 1.18. The third-order valence-electron chi connectivity index (χ3n) is 2.01. The maximum atomic E-state index is 11.8. The van der Waals surface area contributed by atoms with E-state index in [9.17, 15) is 8.42 Å². The van der Waals surface area contributed by atoms with Crippen LogP contribution in [0.2, 0.25) is 0 Å². The van der Waals surface area contributed by atoms with Gasteiger partial charge < -0.3 is 0 Å². The molecule has 0 radical (unpaired) electrons. The lowest BCUT2D eigenvalue weighted by molar-refractivity contribution is -0.432. The maximum absolute atomic E-state index is 11.8. The van der Waals surface area contributed by atoms with E-state index in [0.717, 1.165) is 17.6 Å². The molecule has 8 heteroatoms. The highest BCUT2D eigenvalue weighted by molar-refractivity contribution is 14.1. The molecular weight excluding hydrogens is 379 g/mol. The summed E-state index contributed by atoms with van der Waals surface area (Å²) in [5.74, 6) is 0.121. The number of rotatable bonds is 6. The molecule has 0 aromatic heterocycles. The van der Waals surface area contributed by atoms with Gasteiger partial charge in [-0.25, -0.2) is 13.7 Å². The fraction of sp³-hybridized carbons (Fsp3) is 0.333. The molecule has 1 aromatic carbocycles. The smallest absolute Gasteiger partial charge is 0.179 e. The Hall–Kier alpha value is 0.130. The number of hydrogen-bond acceptors (Lipinski definition) is 6. The second-order valence-electron chi connectivity index (χ2n) is 3.16. The van der Waals surface area contributed by atoms with E-state index in [1.807, 2.05) is 22.6 Å². The minimum Gasteiger partial charge on any atom is -0.224 e. The van der Waals surface area contributed by atoms with Crippen LogP contribution in [-0.2, 0) is 19.2 Å². The van der Waals surface area contributed by atoms with Gasteiger partial charge in [-0.3, -0.25) is 0 Å². The predicted octanol–water partition coefficient (Wildman–Crippen LogP) is 2.63. The van der Waals surface area contributed by atoms with Crippen LogP contribution in [-0.4, -0.2) is 23.9 Å². The third kappa shape index (κ3) is 4.38. The molecule has 0 saturated heterocycles. The summed E-state index contributed by atoms with van der Waals surface area (Å²) in [6.45, 7) is 1.76. The second kappa shape index (κ2) is 6.90. The van der Waals surface area contributed by atoms with E-state index in [1.165, 1.54) is 6.07 Å². The number of alkyl halides is 1. The van der Waals surface area contributed by atoms with Crippen molar-refractivity contribution in [3.05, 3.63) is 23.8 Å². The van der Waals surface area contributed by atoms with Crippen LogP contribution in [0.3, 0.4) is 0 Å². The molecule has 1 rings (SSSR count). The number of halogens is 1. The van der Waals surface area contributed by atoms with E-state index in [4.69, 9.17) is 5.26 Å². The van der Waals surface area contributed by atoms with Crippen LogP contribution in [0, 0.1) is 6.92 Å². The van der Waals surface area contributed by atoms with Crippen LogP contribution in [0.25, 0.3) is 0 Å².